The van der Waals surface area contributed by atoms with E-state index in [0.29, 0.717) is 5.56 Å². The molecule has 1 fully saturated rings. The normalized spacial score (nSPS) is 26.3. The number of nitriles is 1. The number of aryl methyl sites for hydroxylation is 1. The van der Waals surface area contributed by atoms with Crippen LogP contribution in [0.1, 0.15) is 37.8 Å². The largest absolute Gasteiger partial charge is 0.465 e. The third-order valence-corrected chi connectivity index (χ3v) is 6.69. The fraction of sp³-hybridized carbons (Fsp3) is 0.529. The van der Waals surface area contributed by atoms with Crippen LogP contribution < -0.4 is 0 Å². The summed E-state index contributed by atoms with van der Waals surface area (Å²) < 4.78 is 29.8. The highest BCUT2D eigenvalue weighted by Gasteiger charge is 2.77. The first-order chi connectivity index (χ1) is 10.9. The van der Waals surface area contributed by atoms with E-state index in [9.17, 15) is 18.5 Å². The molecule has 0 radical (unpaired) electrons. The standard InChI is InChI=1S/C17H21NO4S/c1-4-12-7-9-13(10-8-12)14-15(23(20,21)6-3)17(14,11-18)16(19)22-5-2/h7-10,14-15H,4-6H2,1-3H3/t14-,15+,17-/m1/s1. The molecular formula is C17H21NO4S. The molecule has 2 rings (SSSR count). The third-order valence-electron chi connectivity index (χ3n) is 4.47. The molecule has 0 N–H and O–H groups in total. The van der Waals surface area contributed by atoms with Crippen molar-refractivity contribution in [2.24, 2.45) is 5.41 Å². The number of rotatable bonds is 6. The van der Waals surface area contributed by atoms with Crippen molar-refractivity contribution >= 4 is 15.8 Å². The number of benzene rings is 1. The first-order valence-electron chi connectivity index (χ1n) is 7.77. The van der Waals surface area contributed by atoms with Crippen LogP contribution in [0, 0.1) is 16.7 Å². The zero-order chi connectivity index (χ0) is 17.3. The third kappa shape index (κ3) is 2.74. The first-order valence-corrected chi connectivity index (χ1v) is 9.49. The van der Waals surface area contributed by atoms with Gasteiger partial charge in [-0.3, -0.25) is 4.79 Å². The lowest BCUT2D eigenvalue weighted by molar-refractivity contribution is -0.147. The van der Waals surface area contributed by atoms with E-state index in [1.54, 1.807) is 19.1 Å². The van der Waals surface area contributed by atoms with Crippen LogP contribution in [-0.2, 0) is 25.8 Å². The maximum Gasteiger partial charge on any atom is 0.328 e. The van der Waals surface area contributed by atoms with Crippen molar-refractivity contribution in [2.45, 2.75) is 38.4 Å². The van der Waals surface area contributed by atoms with Gasteiger partial charge < -0.3 is 4.74 Å². The molecule has 5 nitrogen and oxygen atoms in total. The quantitative estimate of drug-likeness (QED) is 0.744. The van der Waals surface area contributed by atoms with E-state index in [1.165, 1.54) is 6.92 Å². The second-order valence-electron chi connectivity index (χ2n) is 5.65. The van der Waals surface area contributed by atoms with E-state index < -0.39 is 32.4 Å². The van der Waals surface area contributed by atoms with Crippen molar-refractivity contribution in [1.82, 2.24) is 0 Å². The highest BCUT2D eigenvalue weighted by Crippen LogP contribution is 2.63. The van der Waals surface area contributed by atoms with E-state index >= 15 is 0 Å². The van der Waals surface area contributed by atoms with Gasteiger partial charge in [-0.05, 0) is 24.5 Å². The Bertz CT molecular complexity index is 733. The topological polar surface area (TPSA) is 84.2 Å². The molecule has 23 heavy (non-hydrogen) atoms. The molecule has 124 valence electrons. The highest BCUT2D eigenvalue weighted by molar-refractivity contribution is 7.92. The van der Waals surface area contributed by atoms with Crippen LogP contribution >= 0.6 is 0 Å². The number of sulfone groups is 1. The summed E-state index contributed by atoms with van der Waals surface area (Å²) in [6.07, 6.45) is 0.864. The SMILES string of the molecule is CCOC(=O)[C@]1(C#N)[C@H](c2ccc(CC)cc2)[C@@H]1S(=O)(=O)CC. The molecular weight excluding hydrogens is 314 g/mol. The number of ether oxygens (including phenoxy) is 1. The van der Waals surface area contributed by atoms with Gasteiger partial charge in [0.05, 0.1) is 12.7 Å². The lowest BCUT2D eigenvalue weighted by Crippen LogP contribution is -2.26. The Morgan fingerprint density at radius 2 is 1.87 bits per heavy atom. The maximum atomic E-state index is 12.4. The van der Waals surface area contributed by atoms with Gasteiger partial charge in [-0.15, -0.1) is 0 Å². The van der Waals surface area contributed by atoms with Crippen molar-refractivity contribution in [1.29, 1.82) is 5.26 Å². The predicted molar refractivity (Wildman–Crippen MR) is 86.5 cm³/mol. The molecule has 0 unspecified atom stereocenters. The van der Waals surface area contributed by atoms with E-state index in [2.05, 4.69) is 0 Å². The molecule has 0 bridgehead atoms. The van der Waals surface area contributed by atoms with Gasteiger partial charge in [0.2, 0.25) is 0 Å². The Hall–Kier alpha value is -1.87. The van der Waals surface area contributed by atoms with Crippen LogP contribution in [0.3, 0.4) is 0 Å². The summed E-state index contributed by atoms with van der Waals surface area (Å²) in [6.45, 7) is 5.30. The number of carbonyl (C=O) groups excluding carboxylic acids is 1. The van der Waals surface area contributed by atoms with Crippen molar-refractivity contribution in [2.75, 3.05) is 12.4 Å². The minimum Gasteiger partial charge on any atom is -0.465 e. The lowest BCUT2D eigenvalue weighted by Gasteiger charge is -2.08. The molecule has 0 heterocycles. The second-order valence-corrected chi connectivity index (χ2v) is 8.06. The van der Waals surface area contributed by atoms with Crippen LogP contribution in [0.2, 0.25) is 0 Å². The molecule has 6 heteroatoms. The predicted octanol–water partition coefficient (Wildman–Crippen LogP) is 2.22. The Kier molecular flexibility index (Phi) is 4.81. The number of carbonyl (C=O) groups is 1. The zero-order valence-electron chi connectivity index (χ0n) is 13.6. The van der Waals surface area contributed by atoms with Gasteiger partial charge >= 0.3 is 5.97 Å². The van der Waals surface area contributed by atoms with Crippen molar-refractivity contribution in [3.63, 3.8) is 0 Å². The molecule has 0 aliphatic heterocycles. The fourth-order valence-corrected chi connectivity index (χ4v) is 5.03. The molecule has 0 amide bonds. The number of esters is 1. The van der Waals surface area contributed by atoms with Crippen LogP contribution in [0.25, 0.3) is 0 Å². The summed E-state index contributed by atoms with van der Waals surface area (Å²) in [5, 5.41) is 8.57. The molecule has 0 spiro atoms. The average molecular weight is 335 g/mol. The summed E-state index contributed by atoms with van der Waals surface area (Å²) in [7, 11) is -3.54. The molecule has 1 aliphatic rings. The molecule has 1 aromatic rings. The summed E-state index contributed by atoms with van der Waals surface area (Å²) >= 11 is 0. The van der Waals surface area contributed by atoms with Gasteiger partial charge in [-0.25, -0.2) is 8.42 Å². The van der Waals surface area contributed by atoms with Gasteiger partial charge in [0.1, 0.15) is 5.25 Å². The van der Waals surface area contributed by atoms with Crippen LogP contribution in [0.4, 0.5) is 0 Å². The van der Waals surface area contributed by atoms with Crippen LogP contribution in [-0.4, -0.2) is 32.0 Å². The summed E-state index contributed by atoms with van der Waals surface area (Å²) in [4.78, 5) is 12.3. The number of hydrogen-bond donors (Lipinski definition) is 0. The number of nitrogens with zero attached hydrogens (tertiary/aromatic N) is 1. The van der Waals surface area contributed by atoms with Gasteiger partial charge in [0, 0.05) is 11.7 Å². The summed E-state index contributed by atoms with van der Waals surface area (Å²) in [5.41, 5.74) is 0.181. The molecule has 1 aromatic carbocycles. The number of hydrogen-bond acceptors (Lipinski definition) is 5. The molecule has 0 saturated heterocycles. The first kappa shape index (κ1) is 17.5. The average Bonchev–Trinajstić information content (AvgIpc) is 3.26. The van der Waals surface area contributed by atoms with Gasteiger partial charge in [-0.1, -0.05) is 38.1 Å². The molecule has 0 aromatic heterocycles. The van der Waals surface area contributed by atoms with Crippen molar-refractivity contribution in [3.8, 4) is 6.07 Å². The minimum atomic E-state index is -3.54. The van der Waals surface area contributed by atoms with Crippen LogP contribution in [0.5, 0.6) is 0 Å². The smallest absolute Gasteiger partial charge is 0.328 e. The molecule has 3 atom stereocenters. The van der Waals surface area contributed by atoms with Gasteiger partial charge in [0.15, 0.2) is 15.3 Å². The van der Waals surface area contributed by atoms with Crippen LogP contribution in [0.15, 0.2) is 24.3 Å². The van der Waals surface area contributed by atoms with E-state index in [4.69, 9.17) is 4.74 Å². The molecule has 1 saturated carbocycles. The lowest BCUT2D eigenvalue weighted by atomic mass is 9.99. The Morgan fingerprint density at radius 3 is 2.30 bits per heavy atom. The second kappa shape index (κ2) is 6.32. The summed E-state index contributed by atoms with van der Waals surface area (Å²) in [5.74, 6) is -1.51. The monoisotopic (exact) mass is 335 g/mol. The van der Waals surface area contributed by atoms with Crippen molar-refractivity contribution < 1.29 is 17.9 Å². The Balaban J connectivity index is 2.50. The summed E-state index contributed by atoms with van der Waals surface area (Å²) in [6, 6.07) is 9.36. The zero-order valence-corrected chi connectivity index (χ0v) is 14.4. The Labute approximate surface area is 137 Å². The minimum absolute atomic E-state index is 0.107. The van der Waals surface area contributed by atoms with Gasteiger partial charge in [0.25, 0.3) is 0 Å². The Morgan fingerprint density at radius 1 is 1.26 bits per heavy atom. The molecule has 1 aliphatic carbocycles. The van der Waals surface area contributed by atoms with Crippen molar-refractivity contribution in [3.05, 3.63) is 35.4 Å². The van der Waals surface area contributed by atoms with E-state index in [-0.39, 0.29) is 12.4 Å². The van der Waals surface area contributed by atoms with E-state index in [0.717, 1.165) is 12.0 Å². The van der Waals surface area contributed by atoms with E-state index in [1.807, 2.05) is 25.1 Å². The fourth-order valence-electron chi connectivity index (χ4n) is 3.10. The highest BCUT2D eigenvalue weighted by atomic mass is 32.2. The maximum absolute atomic E-state index is 12.4. The van der Waals surface area contributed by atoms with Gasteiger partial charge in [-0.2, -0.15) is 5.26 Å².